The van der Waals surface area contributed by atoms with Crippen LogP contribution in [0.2, 0.25) is 0 Å². The van der Waals surface area contributed by atoms with Gasteiger partial charge in [0.15, 0.2) is 5.65 Å². The molecule has 1 fully saturated rings. The molecule has 0 saturated carbocycles. The Hall–Kier alpha value is -2.63. The molecule has 1 aliphatic heterocycles. The average Bonchev–Trinajstić information content (AvgIpc) is 3.09. The van der Waals surface area contributed by atoms with Gasteiger partial charge in [-0.25, -0.2) is 9.97 Å². The van der Waals surface area contributed by atoms with E-state index in [0.29, 0.717) is 5.92 Å². The topological polar surface area (TPSA) is 66.9 Å². The van der Waals surface area contributed by atoms with Gasteiger partial charge in [-0.2, -0.15) is 5.10 Å². The molecule has 3 aromatic rings. The van der Waals surface area contributed by atoms with Gasteiger partial charge in [0.2, 0.25) is 0 Å². The van der Waals surface area contributed by atoms with E-state index in [-0.39, 0.29) is 0 Å². The first-order chi connectivity index (χ1) is 11.8. The summed E-state index contributed by atoms with van der Waals surface area (Å²) < 4.78 is 6.04. The van der Waals surface area contributed by atoms with Crippen molar-refractivity contribution >= 4 is 17.0 Å². The fourth-order valence-corrected chi connectivity index (χ4v) is 3.21. The maximum absolute atomic E-state index is 6.04. The number of fused-ring (bicyclic) bond motifs is 1. The van der Waals surface area contributed by atoms with Crippen LogP contribution in [0.4, 0.5) is 5.82 Å². The number of H-pyrrole nitrogens is 1. The zero-order chi connectivity index (χ0) is 16.4. The predicted molar refractivity (Wildman–Crippen MR) is 93.3 cm³/mol. The van der Waals surface area contributed by atoms with Crippen LogP contribution >= 0.6 is 0 Å². The monoisotopic (exact) mass is 323 g/mol. The zero-order valence-electron chi connectivity index (χ0n) is 13.8. The SMILES string of the molecule is Cc1ccccc1OCC1CCCN(c2cnc3cn[nH]c3n2)C1. The van der Waals surface area contributed by atoms with Crippen LogP contribution in [0.1, 0.15) is 18.4 Å². The molecule has 0 spiro atoms. The molecule has 0 radical (unpaired) electrons. The lowest BCUT2D eigenvalue weighted by Gasteiger charge is -2.33. The van der Waals surface area contributed by atoms with Crippen LogP contribution in [0.3, 0.4) is 0 Å². The molecule has 6 nitrogen and oxygen atoms in total. The van der Waals surface area contributed by atoms with Gasteiger partial charge in [-0.3, -0.25) is 5.10 Å². The number of nitrogens with zero attached hydrogens (tertiary/aromatic N) is 4. The maximum Gasteiger partial charge on any atom is 0.176 e. The van der Waals surface area contributed by atoms with Gasteiger partial charge < -0.3 is 9.64 Å². The second kappa shape index (κ2) is 6.47. The number of hydrogen-bond donors (Lipinski definition) is 1. The first-order valence-corrected chi connectivity index (χ1v) is 8.39. The first-order valence-electron chi connectivity index (χ1n) is 8.39. The predicted octanol–water partition coefficient (Wildman–Crippen LogP) is 2.96. The molecular formula is C18H21N5O. The van der Waals surface area contributed by atoms with Crippen LogP contribution in [-0.2, 0) is 0 Å². The van der Waals surface area contributed by atoms with Crippen LogP contribution in [0.5, 0.6) is 5.75 Å². The van der Waals surface area contributed by atoms with Crippen molar-refractivity contribution in [2.75, 3.05) is 24.6 Å². The van der Waals surface area contributed by atoms with Crippen molar-refractivity contribution in [2.45, 2.75) is 19.8 Å². The van der Waals surface area contributed by atoms with Crippen molar-refractivity contribution in [1.29, 1.82) is 0 Å². The van der Waals surface area contributed by atoms with Gasteiger partial charge >= 0.3 is 0 Å². The van der Waals surface area contributed by atoms with Crippen LogP contribution < -0.4 is 9.64 Å². The summed E-state index contributed by atoms with van der Waals surface area (Å²) in [6.07, 6.45) is 5.86. The average molecular weight is 323 g/mol. The number of hydrogen-bond acceptors (Lipinski definition) is 5. The molecule has 1 N–H and O–H groups in total. The quantitative estimate of drug-likeness (QED) is 0.799. The van der Waals surface area contributed by atoms with E-state index < -0.39 is 0 Å². The summed E-state index contributed by atoms with van der Waals surface area (Å²) in [5, 5.41) is 6.87. The summed E-state index contributed by atoms with van der Waals surface area (Å²) >= 11 is 0. The molecule has 1 aromatic carbocycles. The summed E-state index contributed by atoms with van der Waals surface area (Å²) in [5.74, 6) is 2.39. The van der Waals surface area contributed by atoms with E-state index in [1.165, 1.54) is 12.0 Å². The maximum atomic E-state index is 6.04. The second-order valence-electron chi connectivity index (χ2n) is 6.36. The number of rotatable bonds is 4. The minimum atomic E-state index is 0.498. The van der Waals surface area contributed by atoms with Crippen molar-refractivity contribution < 1.29 is 4.74 Å². The molecule has 0 amide bonds. The van der Waals surface area contributed by atoms with Gasteiger partial charge in [0.1, 0.15) is 17.1 Å². The van der Waals surface area contributed by atoms with Crippen LogP contribution in [0.15, 0.2) is 36.7 Å². The molecule has 1 saturated heterocycles. The minimum Gasteiger partial charge on any atom is -0.493 e. The summed E-state index contributed by atoms with van der Waals surface area (Å²) in [7, 11) is 0. The van der Waals surface area contributed by atoms with Gasteiger partial charge in [0, 0.05) is 19.0 Å². The largest absolute Gasteiger partial charge is 0.493 e. The van der Waals surface area contributed by atoms with Crippen molar-refractivity contribution in [1.82, 2.24) is 20.2 Å². The lowest BCUT2D eigenvalue weighted by molar-refractivity contribution is 0.227. The number of aryl methyl sites for hydroxylation is 1. The third-order valence-corrected chi connectivity index (χ3v) is 4.56. The van der Waals surface area contributed by atoms with Gasteiger partial charge in [0.05, 0.1) is 19.0 Å². The molecular weight excluding hydrogens is 302 g/mol. The molecule has 0 aliphatic carbocycles. The molecule has 1 atom stereocenters. The van der Waals surface area contributed by atoms with Crippen molar-refractivity contribution in [2.24, 2.45) is 5.92 Å². The molecule has 0 bridgehead atoms. The summed E-state index contributed by atoms with van der Waals surface area (Å²) in [6.45, 7) is 4.77. The van der Waals surface area contributed by atoms with Crippen LogP contribution in [0.25, 0.3) is 11.2 Å². The number of aromatic nitrogens is 4. The Morgan fingerprint density at radius 1 is 1.29 bits per heavy atom. The van der Waals surface area contributed by atoms with E-state index in [9.17, 15) is 0 Å². The Bertz CT molecular complexity index is 831. The van der Waals surface area contributed by atoms with E-state index in [1.807, 2.05) is 24.4 Å². The lowest BCUT2D eigenvalue weighted by Crippen LogP contribution is -2.38. The highest BCUT2D eigenvalue weighted by molar-refractivity contribution is 5.70. The van der Waals surface area contributed by atoms with Gasteiger partial charge in [-0.15, -0.1) is 0 Å². The Balaban J connectivity index is 1.42. The number of nitrogens with one attached hydrogen (secondary N) is 1. The van der Waals surface area contributed by atoms with Gasteiger partial charge in [0.25, 0.3) is 0 Å². The molecule has 1 unspecified atom stereocenters. The van der Waals surface area contributed by atoms with E-state index in [4.69, 9.17) is 4.74 Å². The lowest BCUT2D eigenvalue weighted by atomic mass is 9.99. The number of para-hydroxylation sites is 1. The molecule has 124 valence electrons. The van der Waals surface area contributed by atoms with Crippen molar-refractivity contribution in [3.8, 4) is 5.75 Å². The highest BCUT2D eigenvalue weighted by atomic mass is 16.5. The molecule has 4 rings (SSSR count). The standard InChI is InChI=1S/C18H21N5O/c1-13-5-2-3-7-16(13)24-12-14-6-4-8-23(11-14)17-10-19-15-9-20-22-18(15)21-17/h2-3,5,7,9-10,14H,4,6,8,11-12H2,1H3,(H,20,21,22). The molecule has 3 heterocycles. The van der Waals surface area contributed by atoms with E-state index in [1.54, 1.807) is 6.20 Å². The number of aromatic amines is 1. The number of anilines is 1. The van der Waals surface area contributed by atoms with Gasteiger partial charge in [-0.1, -0.05) is 18.2 Å². The second-order valence-corrected chi connectivity index (χ2v) is 6.36. The molecule has 1 aliphatic rings. The van der Waals surface area contributed by atoms with Crippen LogP contribution in [-0.4, -0.2) is 39.9 Å². The number of benzene rings is 1. The van der Waals surface area contributed by atoms with E-state index in [2.05, 4.69) is 38.1 Å². The fraction of sp³-hybridized carbons (Fsp3) is 0.389. The fourth-order valence-electron chi connectivity index (χ4n) is 3.21. The summed E-state index contributed by atoms with van der Waals surface area (Å²) in [6, 6.07) is 8.17. The highest BCUT2D eigenvalue weighted by Gasteiger charge is 2.22. The Morgan fingerprint density at radius 3 is 3.12 bits per heavy atom. The highest BCUT2D eigenvalue weighted by Crippen LogP contribution is 2.24. The number of ether oxygens (including phenoxy) is 1. The smallest absolute Gasteiger partial charge is 0.176 e. The normalized spacial score (nSPS) is 18.0. The Labute approximate surface area is 140 Å². The third-order valence-electron chi connectivity index (χ3n) is 4.56. The van der Waals surface area contributed by atoms with E-state index >= 15 is 0 Å². The summed E-state index contributed by atoms with van der Waals surface area (Å²) in [4.78, 5) is 11.3. The Morgan fingerprint density at radius 2 is 2.21 bits per heavy atom. The van der Waals surface area contributed by atoms with Crippen molar-refractivity contribution in [3.05, 3.63) is 42.2 Å². The Kier molecular flexibility index (Phi) is 4.02. The first kappa shape index (κ1) is 14.9. The van der Waals surface area contributed by atoms with Crippen LogP contribution in [0, 0.1) is 12.8 Å². The number of piperidine rings is 1. The molecule has 2 aromatic heterocycles. The molecule has 24 heavy (non-hydrogen) atoms. The third kappa shape index (κ3) is 3.04. The zero-order valence-corrected chi connectivity index (χ0v) is 13.8. The van der Waals surface area contributed by atoms with E-state index in [0.717, 1.165) is 48.8 Å². The van der Waals surface area contributed by atoms with Gasteiger partial charge in [-0.05, 0) is 31.4 Å². The van der Waals surface area contributed by atoms with Crippen molar-refractivity contribution in [3.63, 3.8) is 0 Å². The summed E-state index contributed by atoms with van der Waals surface area (Å²) in [5.41, 5.74) is 2.72. The molecule has 6 heteroatoms. The minimum absolute atomic E-state index is 0.498.